The molecule has 4 aliphatic rings. The molecule has 4 rings (SSSR count). The van der Waals surface area contributed by atoms with Gasteiger partial charge in [-0.2, -0.15) is 0 Å². The van der Waals surface area contributed by atoms with Crippen LogP contribution in [0.1, 0.15) is 132 Å². The molecule has 0 aromatic rings. The number of allylic oxidation sites excluding steroid dienone is 6. The summed E-state index contributed by atoms with van der Waals surface area (Å²) in [6, 6.07) is -1.20. The molecule has 73 heavy (non-hydrogen) atoms. The fraction of sp³-hybridized carbons (Fsp3) is 0.750. The third-order valence-corrected chi connectivity index (χ3v) is 15.9. The molecule has 17 heteroatoms. The molecule has 0 unspecified atom stereocenters. The lowest BCUT2D eigenvalue weighted by Gasteiger charge is -2.42. The minimum atomic E-state index is -2.47. The number of amides is 1. The molecule has 1 amide bonds. The van der Waals surface area contributed by atoms with Crippen LogP contribution in [-0.2, 0) is 57.2 Å². The number of cyclic esters (lactones) is 1. The number of ketones is 3. The standard InChI is InChI=1S/C56H87NO16/c1-33-17-13-12-14-18-34(2)45(68-9)29-41-22-20-39(7)56(67,73-41)51(63)52(64)57-24-16-15-19-42(57)53(65)71-46(30-43(60)35(3)26-38(6)49(62)50(70-11)48(61)37(5)25-33)36(4)27-40-21-23-44(47(28-40)69-10)72-54(66)55(8,31-58)32-59/h12-14,17-18,26,33,35-37,39-42,44-47,49-50,58-59,62,67H,15-16,19-25,27-32H2,1-11H3/b14-12+,17-13-,34-18-,38-26?/t33-,35-,36+,37-,39-,40+,41+,42+,44-,45+,46+,47-,49+,50-,56-/m1/s1. The van der Waals surface area contributed by atoms with Crippen LogP contribution in [0.25, 0.3) is 0 Å². The zero-order valence-corrected chi connectivity index (χ0v) is 45.3. The molecule has 3 heterocycles. The van der Waals surface area contributed by atoms with Crippen molar-refractivity contribution in [1.82, 2.24) is 4.90 Å². The van der Waals surface area contributed by atoms with Gasteiger partial charge in [-0.25, -0.2) is 4.79 Å². The van der Waals surface area contributed by atoms with Gasteiger partial charge in [0.15, 0.2) is 5.78 Å². The van der Waals surface area contributed by atoms with Gasteiger partial charge in [0.25, 0.3) is 11.7 Å². The summed E-state index contributed by atoms with van der Waals surface area (Å²) in [7, 11) is 4.43. The van der Waals surface area contributed by atoms with Crippen molar-refractivity contribution in [2.24, 2.45) is 40.9 Å². The van der Waals surface area contributed by atoms with Crippen molar-refractivity contribution in [3.05, 3.63) is 47.6 Å². The van der Waals surface area contributed by atoms with Gasteiger partial charge in [-0.05, 0) is 114 Å². The number of aliphatic hydroxyl groups excluding tert-OH is 3. The summed E-state index contributed by atoms with van der Waals surface area (Å²) in [5.41, 5.74) is -0.277. The van der Waals surface area contributed by atoms with E-state index in [0.717, 1.165) is 10.5 Å². The first-order valence-electron chi connectivity index (χ1n) is 26.4. The van der Waals surface area contributed by atoms with Gasteiger partial charge < -0.3 is 53.7 Å². The Kier molecular flexibility index (Phi) is 23.9. The molecule has 0 spiro atoms. The summed E-state index contributed by atoms with van der Waals surface area (Å²) >= 11 is 0. The summed E-state index contributed by atoms with van der Waals surface area (Å²) in [6.07, 6.45) is 9.76. The number of fused-ring (bicyclic) bond motifs is 3. The molecule has 1 aliphatic carbocycles. The van der Waals surface area contributed by atoms with E-state index in [2.05, 4.69) is 0 Å². The molecule has 4 N–H and O–H groups in total. The number of esters is 2. The predicted octanol–water partition coefficient (Wildman–Crippen LogP) is 5.72. The number of piperidine rings is 1. The number of methoxy groups -OCH3 is 3. The van der Waals surface area contributed by atoms with Crippen LogP contribution in [0.2, 0.25) is 0 Å². The summed E-state index contributed by atoms with van der Waals surface area (Å²) in [5, 5.41) is 43.1. The van der Waals surface area contributed by atoms with Crippen molar-refractivity contribution < 1.29 is 77.6 Å². The van der Waals surface area contributed by atoms with E-state index in [1.807, 2.05) is 51.2 Å². The summed E-state index contributed by atoms with van der Waals surface area (Å²) in [6.45, 7) is 12.7. The van der Waals surface area contributed by atoms with E-state index in [0.29, 0.717) is 69.8 Å². The summed E-state index contributed by atoms with van der Waals surface area (Å²) in [5.74, 6) is -9.36. The van der Waals surface area contributed by atoms with Crippen LogP contribution in [0.4, 0.5) is 0 Å². The number of Topliss-reactive ketones (excluding diaryl/α,β-unsaturated/α-hetero) is 3. The smallest absolute Gasteiger partial charge is 0.329 e. The average Bonchev–Trinajstić information content (AvgIpc) is 3.37. The molecule has 0 aromatic carbocycles. The molecule has 412 valence electrons. The van der Waals surface area contributed by atoms with Crippen LogP contribution >= 0.6 is 0 Å². The Morgan fingerprint density at radius 2 is 1.56 bits per heavy atom. The van der Waals surface area contributed by atoms with Gasteiger partial charge in [0.1, 0.15) is 41.7 Å². The van der Waals surface area contributed by atoms with E-state index in [1.165, 1.54) is 21.1 Å². The third-order valence-electron chi connectivity index (χ3n) is 15.9. The fourth-order valence-electron chi connectivity index (χ4n) is 10.7. The first-order chi connectivity index (χ1) is 34.5. The lowest BCUT2D eigenvalue weighted by molar-refractivity contribution is -0.265. The molecule has 3 fully saturated rings. The minimum absolute atomic E-state index is 0.00697. The number of carbonyl (C=O) groups excluding carboxylic acids is 6. The number of carbonyl (C=O) groups is 6. The highest BCUT2D eigenvalue weighted by atomic mass is 16.6. The number of ether oxygens (including phenoxy) is 6. The Morgan fingerprint density at radius 1 is 0.863 bits per heavy atom. The molecule has 3 aliphatic heterocycles. The maximum Gasteiger partial charge on any atom is 0.329 e. The largest absolute Gasteiger partial charge is 0.460 e. The molecule has 0 radical (unpaired) electrons. The maximum atomic E-state index is 14.5. The Labute approximate surface area is 433 Å². The highest BCUT2D eigenvalue weighted by Gasteiger charge is 2.53. The van der Waals surface area contributed by atoms with E-state index in [4.69, 9.17) is 28.4 Å². The second kappa shape index (κ2) is 28.3. The SMILES string of the molecule is CO[C@H]1C[C@@H]2CC[C@@H](C)[C@@](O)(O2)C(=O)C(=O)N2CCCC[C@H]2C(=O)O[C@H]([C@@H](C)C[C@@H]2CC[C@@H](OC(=O)C(C)(CO)CO)[C@H](OC)C2)CC(=O)[C@H](C)C=C(C)[C@H](O)[C@H](OC)C(=O)[C@H](C)C[C@H](C)\C=C/C=C/C=C\1C. The first kappa shape index (κ1) is 61.6. The van der Waals surface area contributed by atoms with Crippen molar-refractivity contribution in [2.45, 2.75) is 187 Å². The Hall–Kier alpha value is -3.94. The van der Waals surface area contributed by atoms with Crippen LogP contribution in [0.15, 0.2) is 47.6 Å². The van der Waals surface area contributed by atoms with Gasteiger partial charge >= 0.3 is 11.9 Å². The van der Waals surface area contributed by atoms with Crippen molar-refractivity contribution >= 4 is 35.2 Å². The summed E-state index contributed by atoms with van der Waals surface area (Å²) < 4.78 is 35.4. The van der Waals surface area contributed by atoms with E-state index in [9.17, 15) is 49.2 Å². The van der Waals surface area contributed by atoms with Gasteiger partial charge in [0.05, 0.1) is 31.5 Å². The zero-order valence-electron chi connectivity index (χ0n) is 45.3. The Balaban J connectivity index is 1.69. The number of nitrogens with zero attached hydrogens (tertiary/aromatic N) is 1. The maximum absolute atomic E-state index is 14.5. The molecule has 0 aromatic heterocycles. The minimum Gasteiger partial charge on any atom is -0.460 e. The second-order valence-electron chi connectivity index (χ2n) is 21.8. The fourth-order valence-corrected chi connectivity index (χ4v) is 10.7. The predicted molar refractivity (Wildman–Crippen MR) is 271 cm³/mol. The Bertz CT molecular complexity index is 2010. The number of hydrogen-bond acceptors (Lipinski definition) is 16. The van der Waals surface area contributed by atoms with E-state index >= 15 is 0 Å². The van der Waals surface area contributed by atoms with Gasteiger partial charge in [0.2, 0.25) is 5.79 Å². The van der Waals surface area contributed by atoms with Crippen LogP contribution in [0.5, 0.6) is 0 Å². The highest BCUT2D eigenvalue weighted by Crippen LogP contribution is 2.38. The molecule has 2 saturated heterocycles. The monoisotopic (exact) mass is 1030 g/mol. The zero-order chi connectivity index (χ0) is 54.4. The van der Waals surface area contributed by atoms with E-state index < -0.39 is 120 Å². The molecular formula is C56H87NO16. The quantitative estimate of drug-likeness (QED) is 0.116. The van der Waals surface area contributed by atoms with Crippen molar-refractivity contribution in [3.63, 3.8) is 0 Å². The average molecular weight is 1030 g/mol. The molecule has 17 nitrogen and oxygen atoms in total. The molecule has 1 saturated carbocycles. The van der Waals surface area contributed by atoms with Crippen LogP contribution < -0.4 is 0 Å². The van der Waals surface area contributed by atoms with E-state index in [-0.39, 0.29) is 42.8 Å². The number of hydrogen-bond donors (Lipinski definition) is 4. The highest BCUT2D eigenvalue weighted by molar-refractivity contribution is 6.39. The normalized spacial score (nSPS) is 36.7. The molecular weight excluding hydrogens is 943 g/mol. The number of aliphatic hydroxyl groups is 4. The van der Waals surface area contributed by atoms with Gasteiger partial charge in [-0.15, -0.1) is 0 Å². The second-order valence-corrected chi connectivity index (χ2v) is 21.8. The lowest BCUT2D eigenvalue weighted by Crippen LogP contribution is -2.61. The lowest BCUT2D eigenvalue weighted by atomic mass is 9.78. The molecule has 15 atom stereocenters. The summed E-state index contributed by atoms with van der Waals surface area (Å²) in [4.78, 5) is 85.4. The van der Waals surface area contributed by atoms with E-state index in [1.54, 1.807) is 40.9 Å². The van der Waals surface area contributed by atoms with Gasteiger partial charge in [0, 0.05) is 58.5 Å². The number of rotatable bonds is 10. The topological polar surface area (TPSA) is 242 Å². The molecule has 2 bridgehead atoms. The van der Waals surface area contributed by atoms with Crippen LogP contribution in [0, 0.1) is 40.9 Å². The third kappa shape index (κ3) is 16.0. The van der Waals surface area contributed by atoms with Crippen LogP contribution in [0.3, 0.4) is 0 Å². The van der Waals surface area contributed by atoms with Gasteiger partial charge in [-0.1, -0.05) is 71.1 Å². The van der Waals surface area contributed by atoms with Gasteiger partial charge in [-0.3, -0.25) is 24.0 Å². The van der Waals surface area contributed by atoms with Crippen LogP contribution in [-0.4, -0.2) is 156 Å². The Morgan fingerprint density at radius 3 is 2.21 bits per heavy atom. The van der Waals surface area contributed by atoms with Crippen molar-refractivity contribution in [3.8, 4) is 0 Å². The van der Waals surface area contributed by atoms with Crippen molar-refractivity contribution in [2.75, 3.05) is 41.1 Å². The van der Waals surface area contributed by atoms with Crippen molar-refractivity contribution in [1.29, 1.82) is 0 Å². The first-order valence-corrected chi connectivity index (χ1v) is 26.4.